The van der Waals surface area contributed by atoms with E-state index in [4.69, 9.17) is 20.1 Å². The van der Waals surface area contributed by atoms with Crippen LogP contribution in [0.15, 0.2) is 42.5 Å². The van der Waals surface area contributed by atoms with Gasteiger partial charge in [-0.2, -0.15) is 0 Å². The molecule has 1 atom stereocenters. The molecule has 78 valence electrons. The molecular weight excluding hydrogens is 211 g/mol. The maximum absolute atomic E-state index is 9.16. The number of nitrogens with one attached hydrogen (secondary N) is 1. The van der Waals surface area contributed by atoms with Crippen LogP contribution in [0.3, 0.4) is 0 Å². The van der Waals surface area contributed by atoms with E-state index in [1.165, 1.54) is 0 Å². The van der Waals surface area contributed by atoms with Gasteiger partial charge in [0.15, 0.2) is 0 Å². The third kappa shape index (κ3) is 2.36. The van der Waals surface area contributed by atoms with Crippen LogP contribution in [-0.2, 0) is 0 Å². The Labute approximate surface area is 87.4 Å². The summed E-state index contributed by atoms with van der Waals surface area (Å²) < 4.78 is 5.03. The summed E-state index contributed by atoms with van der Waals surface area (Å²) in [6, 6.07) is 13.0. The van der Waals surface area contributed by atoms with E-state index in [1.54, 1.807) is 12.1 Å². The minimum absolute atomic E-state index is 0.446. The summed E-state index contributed by atoms with van der Waals surface area (Å²) in [7, 11) is -3.49. The molecule has 2 rings (SSSR count). The van der Waals surface area contributed by atoms with Gasteiger partial charge in [0.1, 0.15) is 5.75 Å². The minimum atomic E-state index is -3.49. The molecule has 1 unspecified atom stereocenters. The predicted octanol–water partition coefficient (Wildman–Crippen LogP) is 2.69. The first-order valence-corrected chi connectivity index (χ1v) is 6.12. The van der Waals surface area contributed by atoms with Gasteiger partial charge >= 0.3 is 7.66 Å². The second kappa shape index (κ2) is 3.66. The van der Waals surface area contributed by atoms with Crippen molar-refractivity contribution in [3.05, 3.63) is 42.5 Å². The van der Waals surface area contributed by atoms with E-state index in [0.717, 1.165) is 10.8 Å². The van der Waals surface area contributed by atoms with Crippen LogP contribution in [0.4, 0.5) is 0 Å². The zero-order valence-electron chi connectivity index (χ0n) is 7.92. The molecule has 0 radical (unpaired) electrons. The Morgan fingerprint density at radius 2 is 1.80 bits per heavy atom. The van der Waals surface area contributed by atoms with Crippen LogP contribution in [0.25, 0.3) is 10.8 Å². The van der Waals surface area contributed by atoms with Gasteiger partial charge in [-0.3, -0.25) is 0 Å². The standard InChI is InChI=1S/C10H11N2O2P/c11-15(12,13)14-10-7-3-5-8-4-1-2-6-9(8)10/h1-7H,(H4,11,12,13). The molecule has 0 aliphatic rings. The van der Waals surface area contributed by atoms with Gasteiger partial charge in [-0.25, -0.2) is 10.7 Å². The first-order valence-electron chi connectivity index (χ1n) is 4.39. The van der Waals surface area contributed by atoms with Gasteiger partial charge in [0, 0.05) is 5.39 Å². The molecule has 15 heavy (non-hydrogen) atoms. The molecule has 0 spiro atoms. The smallest absolute Gasteiger partial charge is 0.332 e. The lowest BCUT2D eigenvalue weighted by atomic mass is 10.1. The normalized spacial score (nSPS) is 14.8. The van der Waals surface area contributed by atoms with Crippen molar-refractivity contribution in [2.45, 2.75) is 0 Å². The summed E-state index contributed by atoms with van der Waals surface area (Å²) in [6.45, 7) is 0. The van der Waals surface area contributed by atoms with Crippen LogP contribution in [-0.4, -0.2) is 4.89 Å². The largest absolute Gasteiger partial charge is 0.427 e. The molecule has 2 aromatic carbocycles. The molecular formula is C10H11N2O2P. The van der Waals surface area contributed by atoms with Crippen LogP contribution in [0.5, 0.6) is 5.75 Å². The molecule has 4 nitrogen and oxygen atoms in total. The van der Waals surface area contributed by atoms with E-state index in [9.17, 15) is 0 Å². The van der Waals surface area contributed by atoms with Crippen molar-refractivity contribution in [1.29, 1.82) is 5.16 Å². The fraction of sp³-hybridized carbons (Fsp3) is 0. The lowest BCUT2D eigenvalue weighted by Gasteiger charge is -2.12. The van der Waals surface area contributed by atoms with Crippen molar-refractivity contribution in [2.24, 2.45) is 5.50 Å². The Bertz CT molecular complexity index is 530. The average molecular weight is 222 g/mol. The van der Waals surface area contributed by atoms with Gasteiger partial charge in [0.2, 0.25) is 0 Å². The van der Waals surface area contributed by atoms with Gasteiger partial charge in [-0.05, 0) is 11.5 Å². The highest BCUT2D eigenvalue weighted by molar-refractivity contribution is 7.51. The Morgan fingerprint density at radius 3 is 2.53 bits per heavy atom. The van der Waals surface area contributed by atoms with Crippen LogP contribution in [0.2, 0.25) is 0 Å². The molecule has 0 saturated carbocycles. The maximum Gasteiger partial charge on any atom is 0.332 e. The SMILES string of the molecule is N=P(N)(O)Oc1cccc2ccccc12. The quantitative estimate of drug-likeness (QED) is 0.683. The van der Waals surface area contributed by atoms with Crippen molar-refractivity contribution in [3.8, 4) is 5.75 Å². The van der Waals surface area contributed by atoms with Gasteiger partial charge in [0.25, 0.3) is 0 Å². The highest BCUT2D eigenvalue weighted by Gasteiger charge is 2.09. The fourth-order valence-corrected chi connectivity index (χ4v) is 1.88. The fourth-order valence-electron chi connectivity index (χ4n) is 1.43. The summed E-state index contributed by atoms with van der Waals surface area (Å²) in [6.07, 6.45) is 0. The molecule has 5 heteroatoms. The van der Waals surface area contributed by atoms with Crippen molar-refractivity contribution in [2.75, 3.05) is 0 Å². The summed E-state index contributed by atoms with van der Waals surface area (Å²) in [5, 5.41) is 9.00. The van der Waals surface area contributed by atoms with Gasteiger partial charge in [-0.1, -0.05) is 36.4 Å². The second-order valence-electron chi connectivity index (χ2n) is 3.19. The molecule has 0 aliphatic heterocycles. The number of hydrogen-bond acceptors (Lipinski definition) is 2. The Hall–Kier alpha value is -1.35. The van der Waals surface area contributed by atoms with E-state index in [0.29, 0.717) is 5.75 Å². The predicted molar refractivity (Wildman–Crippen MR) is 60.6 cm³/mol. The van der Waals surface area contributed by atoms with E-state index >= 15 is 0 Å². The van der Waals surface area contributed by atoms with Crippen LogP contribution < -0.4 is 10.0 Å². The van der Waals surface area contributed by atoms with E-state index in [1.807, 2.05) is 30.3 Å². The van der Waals surface area contributed by atoms with Crippen LogP contribution in [0.1, 0.15) is 0 Å². The summed E-state index contributed by atoms with van der Waals surface area (Å²) in [5.41, 5.74) is 5.17. The van der Waals surface area contributed by atoms with Gasteiger partial charge in [0.05, 0.1) is 0 Å². The third-order valence-corrected chi connectivity index (χ3v) is 2.46. The number of hydrogen-bond donors (Lipinski definition) is 3. The highest BCUT2D eigenvalue weighted by atomic mass is 31.2. The molecule has 4 N–H and O–H groups in total. The second-order valence-corrected chi connectivity index (χ2v) is 4.62. The Morgan fingerprint density at radius 1 is 1.13 bits per heavy atom. The molecule has 0 amide bonds. The molecule has 0 aliphatic carbocycles. The molecule has 2 aromatic rings. The van der Waals surface area contributed by atoms with E-state index in [-0.39, 0.29) is 0 Å². The topological polar surface area (TPSA) is 79.3 Å². The van der Waals surface area contributed by atoms with Crippen molar-refractivity contribution in [3.63, 3.8) is 0 Å². The third-order valence-electron chi connectivity index (χ3n) is 1.99. The minimum Gasteiger partial charge on any atom is -0.427 e. The summed E-state index contributed by atoms with van der Waals surface area (Å²) >= 11 is 0. The van der Waals surface area contributed by atoms with Crippen molar-refractivity contribution in [1.82, 2.24) is 0 Å². The Balaban J connectivity index is 2.56. The summed E-state index contributed by atoms with van der Waals surface area (Å²) in [5.74, 6) is 0.446. The lowest BCUT2D eigenvalue weighted by Crippen LogP contribution is -2.00. The maximum atomic E-state index is 9.16. The van der Waals surface area contributed by atoms with Crippen LogP contribution in [0, 0.1) is 5.16 Å². The zero-order valence-corrected chi connectivity index (χ0v) is 8.82. The van der Waals surface area contributed by atoms with Crippen molar-refractivity contribution >= 4 is 18.4 Å². The van der Waals surface area contributed by atoms with E-state index in [2.05, 4.69) is 0 Å². The number of rotatable bonds is 2. The molecule has 0 saturated heterocycles. The monoisotopic (exact) mass is 222 g/mol. The lowest BCUT2D eigenvalue weighted by molar-refractivity contribution is 0.470. The zero-order chi connectivity index (χ0) is 10.9. The van der Waals surface area contributed by atoms with Gasteiger partial charge < -0.3 is 9.42 Å². The number of nitrogens with two attached hydrogens (primary N) is 1. The average Bonchev–Trinajstić information content (AvgIpc) is 2.16. The molecule has 0 aromatic heterocycles. The first kappa shape index (κ1) is 10.2. The Kier molecular flexibility index (Phi) is 2.49. The number of benzene rings is 2. The molecule has 0 fully saturated rings. The van der Waals surface area contributed by atoms with Gasteiger partial charge in [-0.15, -0.1) is 0 Å². The van der Waals surface area contributed by atoms with Crippen molar-refractivity contribution < 1.29 is 9.42 Å². The molecule has 0 bridgehead atoms. The highest BCUT2D eigenvalue weighted by Crippen LogP contribution is 2.38. The molecule has 0 heterocycles. The van der Waals surface area contributed by atoms with E-state index < -0.39 is 7.66 Å². The first-order chi connectivity index (χ1) is 7.06. The number of fused-ring (bicyclic) bond motifs is 1. The van der Waals surface area contributed by atoms with Crippen LogP contribution >= 0.6 is 7.66 Å². The summed E-state index contributed by atoms with van der Waals surface area (Å²) in [4.78, 5) is 9.16.